The fraction of sp³-hybridized carbons (Fsp3) is 0.545. The minimum atomic E-state index is 0. The highest BCUT2D eigenvalue weighted by molar-refractivity contribution is 5.85. The van der Waals surface area contributed by atoms with E-state index in [-0.39, 0.29) is 12.4 Å². The molecule has 1 fully saturated rings. The maximum Gasteiger partial charge on any atom is 0.128 e. The molecule has 0 atom stereocenters. The van der Waals surface area contributed by atoms with Crippen LogP contribution < -0.4 is 10.6 Å². The van der Waals surface area contributed by atoms with Crippen molar-refractivity contribution in [3.05, 3.63) is 23.9 Å². The Balaban J connectivity index is 0.00000112. The second kappa shape index (κ2) is 5.33. The molecule has 1 saturated heterocycles. The third-order valence-corrected chi connectivity index (χ3v) is 2.76. The van der Waals surface area contributed by atoms with E-state index in [9.17, 15) is 0 Å². The molecule has 0 amide bonds. The summed E-state index contributed by atoms with van der Waals surface area (Å²) in [6.45, 7) is 4.18. The molecular formula is C11H18ClN3. The molecule has 1 aliphatic rings. The molecule has 0 aromatic carbocycles. The first-order valence-corrected chi connectivity index (χ1v) is 5.19. The minimum Gasteiger partial charge on any atom is -0.356 e. The van der Waals surface area contributed by atoms with Gasteiger partial charge in [-0.15, -0.1) is 12.4 Å². The van der Waals surface area contributed by atoms with Crippen molar-refractivity contribution in [3.8, 4) is 0 Å². The number of piperidine rings is 1. The zero-order valence-corrected chi connectivity index (χ0v) is 9.83. The van der Waals surface area contributed by atoms with Crippen molar-refractivity contribution in [1.82, 2.24) is 4.98 Å². The molecule has 4 heteroatoms. The van der Waals surface area contributed by atoms with E-state index in [0.29, 0.717) is 6.04 Å². The van der Waals surface area contributed by atoms with Crippen LogP contribution in [0.5, 0.6) is 0 Å². The van der Waals surface area contributed by atoms with Crippen molar-refractivity contribution in [2.45, 2.75) is 25.8 Å². The Labute approximate surface area is 97.1 Å². The topological polar surface area (TPSA) is 42.2 Å². The summed E-state index contributed by atoms with van der Waals surface area (Å²) in [6, 6.07) is 4.55. The van der Waals surface area contributed by atoms with Gasteiger partial charge in [0, 0.05) is 25.3 Å². The van der Waals surface area contributed by atoms with Crippen LogP contribution >= 0.6 is 12.4 Å². The Kier molecular flexibility index (Phi) is 4.36. The number of nitrogens with two attached hydrogens (primary N) is 1. The first kappa shape index (κ1) is 12.3. The zero-order valence-electron chi connectivity index (χ0n) is 9.02. The van der Waals surface area contributed by atoms with Gasteiger partial charge in [0.25, 0.3) is 0 Å². The van der Waals surface area contributed by atoms with E-state index in [1.807, 2.05) is 12.3 Å². The zero-order chi connectivity index (χ0) is 9.97. The highest BCUT2D eigenvalue weighted by Crippen LogP contribution is 2.17. The first-order chi connectivity index (χ1) is 6.75. The number of hydrogen-bond donors (Lipinski definition) is 1. The molecule has 2 heterocycles. The number of halogens is 1. The lowest BCUT2D eigenvalue weighted by Gasteiger charge is -2.31. The Hall–Kier alpha value is -0.800. The summed E-state index contributed by atoms with van der Waals surface area (Å²) in [7, 11) is 0. The fourth-order valence-corrected chi connectivity index (χ4v) is 1.82. The lowest BCUT2D eigenvalue weighted by atomic mass is 10.1. The van der Waals surface area contributed by atoms with Crippen LogP contribution in [0.1, 0.15) is 18.4 Å². The van der Waals surface area contributed by atoms with Gasteiger partial charge in [-0.05, 0) is 37.5 Å². The molecule has 0 spiro atoms. The van der Waals surface area contributed by atoms with Gasteiger partial charge in [0.1, 0.15) is 5.82 Å². The van der Waals surface area contributed by atoms with Gasteiger partial charge in [-0.25, -0.2) is 4.98 Å². The van der Waals surface area contributed by atoms with Crippen LogP contribution in [0, 0.1) is 6.92 Å². The number of pyridine rings is 1. The van der Waals surface area contributed by atoms with Crippen LogP contribution in [0.25, 0.3) is 0 Å². The molecule has 1 aromatic rings. The molecule has 2 N–H and O–H groups in total. The quantitative estimate of drug-likeness (QED) is 0.795. The smallest absolute Gasteiger partial charge is 0.128 e. The highest BCUT2D eigenvalue weighted by atomic mass is 35.5. The van der Waals surface area contributed by atoms with Crippen LogP contribution in [0.2, 0.25) is 0 Å². The molecule has 0 aliphatic carbocycles. The van der Waals surface area contributed by atoms with E-state index >= 15 is 0 Å². The van der Waals surface area contributed by atoms with Crippen molar-refractivity contribution in [2.24, 2.45) is 5.73 Å². The molecule has 0 radical (unpaired) electrons. The lowest BCUT2D eigenvalue weighted by molar-refractivity contribution is 0.498. The van der Waals surface area contributed by atoms with Crippen molar-refractivity contribution in [3.63, 3.8) is 0 Å². The predicted molar refractivity (Wildman–Crippen MR) is 65.6 cm³/mol. The molecule has 0 bridgehead atoms. The number of nitrogens with zero attached hydrogens (tertiary/aromatic N) is 2. The van der Waals surface area contributed by atoms with Gasteiger partial charge < -0.3 is 10.6 Å². The molecule has 1 aliphatic heterocycles. The normalized spacial score (nSPS) is 17.3. The van der Waals surface area contributed by atoms with Crippen molar-refractivity contribution in [2.75, 3.05) is 18.0 Å². The van der Waals surface area contributed by atoms with Crippen molar-refractivity contribution in [1.29, 1.82) is 0 Å². The molecule has 15 heavy (non-hydrogen) atoms. The van der Waals surface area contributed by atoms with E-state index in [4.69, 9.17) is 5.73 Å². The summed E-state index contributed by atoms with van der Waals surface area (Å²) in [6.07, 6.45) is 4.03. The Morgan fingerprint density at radius 3 is 2.67 bits per heavy atom. The second-order valence-corrected chi connectivity index (χ2v) is 4.02. The van der Waals surface area contributed by atoms with Gasteiger partial charge in [-0.1, -0.05) is 0 Å². The molecular weight excluding hydrogens is 210 g/mol. The van der Waals surface area contributed by atoms with E-state index in [0.717, 1.165) is 31.7 Å². The van der Waals surface area contributed by atoms with Gasteiger partial charge in [0.15, 0.2) is 0 Å². The monoisotopic (exact) mass is 227 g/mol. The Bertz CT molecular complexity index is 308. The summed E-state index contributed by atoms with van der Waals surface area (Å²) in [5, 5.41) is 0. The third-order valence-electron chi connectivity index (χ3n) is 2.76. The van der Waals surface area contributed by atoms with Crippen LogP contribution in [-0.2, 0) is 0 Å². The average Bonchev–Trinajstić information content (AvgIpc) is 2.19. The molecule has 3 nitrogen and oxygen atoms in total. The molecule has 84 valence electrons. The van der Waals surface area contributed by atoms with Crippen LogP contribution in [0.3, 0.4) is 0 Å². The van der Waals surface area contributed by atoms with E-state index in [1.165, 1.54) is 5.56 Å². The highest BCUT2D eigenvalue weighted by Gasteiger charge is 2.16. The molecule has 0 saturated carbocycles. The SMILES string of the molecule is Cc1ccnc(N2CCC(N)CC2)c1.Cl. The van der Waals surface area contributed by atoms with Crippen LogP contribution in [0.4, 0.5) is 5.82 Å². The number of rotatable bonds is 1. The average molecular weight is 228 g/mol. The van der Waals surface area contributed by atoms with Gasteiger partial charge >= 0.3 is 0 Å². The number of anilines is 1. The standard InChI is InChI=1S/C11H17N3.ClH/c1-9-2-5-13-11(8-9)14-6-3-10(12)4-7-14;/h2,5,8,10H,3-4,6-7,12H2,1H3;1H. The summed E-state index contributed by atoms with van der Waals surface area (Å²) in [5.41, 5.74) is 7.13. The number of aryl methyl sites for hydroxylation is 1. The van der Waals surface area contributed by atoms with E-state index in [1.54, 1.807) is 0 Å². The molecule has 1 aromatic heterocycles. The lowest BCUT2D eigenvalue weighted by Crippen LogP contribution is -2.40. The maximum atomic E-state index is 5.86. The summed E-state index contributed by atoms with van der Waals surface area (Å²) in [5.74, 6) is 1.09. The van der Waals surface area contributed by atoms with Crippen molar-refractivity contribution < 1.29 is 0 Å². The Morgan fingerprint density at radius 1 is 1.40 bits per heavy atom. The van der Waals surface area contributed by atoms with Crippen LogP contribution in [-0.4, -0.2) is 24.1 Å². The molecule has 2 rings (SSSR count). The summed E-state index contributed by atoms with van der Waals surface area (Å²) < 4.78 is 0. The summed E-state index contributed by atoms with van der Waals surface area (Å²) >= 11 is 0. The first-order valence-electron chi connectivity index (χ1n) is 5.19. The van der Waals surface area contributed by atoms with Gasteiger partial charge in [-0.2, -0.15) is 0 Å². The van der Waals surface area contributed by atoms with Gasteiger partial charge in [0.05, 0.1) is 0 Å². The fourth-order valence-electron chi connectivity index (χ4n) is 1.82. The summed E-state index contributed by atoms with van der Waals surface area (Å²) in [4.78, 5) is 6.69. The van der Waals surface area contributed by atoms with Gasteiger partial charge in [0.2, 0.25) is 0 Å². The predicted octanol–water partition coefficient (Wildman–Crippen LogP) is 1.74. The second-order valence-electron chi connectivity index (χ2n) is 4.02. The maximum absolute atomic E-state index is 5.86. The Morgan fingerprint density at radius 2 is 2.07 bits per heavy atom. The van der Waals surface area contributed by atoms with Gasteiger partial charge in [-0.3, -0.25) is 0 Å². The van der Waals surface area contributed by atoms with Crippen molar-refractivity contribution >= 4 is 18.2 Å². The number of hydrogen-bond acceptors (Lipinski definition) is 3. The minimum absolute atomic E-state index is 0. The molecule has 0 unspecified atom stereocenters. The largest absolute Gasteiger partial charge is 0.356 e. The van der Waals surface area contributed by atoms with E-state index < -0.39 is 0 Å². The van der Waals surface area contributed by atoms with E-state index in [2.05, 4.69) is 22.9 Å². The third kappa shape index (κ3) is 3.08. The number of aromatic nitrogens is 1. The van der Waals surface area contributed by atoms with Crippen LogP contribution in [0.15, 0.2) is 18.3 Å².